The highest BCUT2D eigenvalue weighted by molar-refractivity contribution is 5.01. The number of nitriles is 1. The maximum atomic E-state index is 8.86. The molecule has 0 bridgehead atoms. The van der Waals surface area contributed by atoms with E-state index in [2.05, 4.69) is 23.2 Å². The van der Waals surface area contributed by atoms with Crippen molar-refractivity contribution in [3.63, 3.8) is 0 Å². The number of hydrogen-bond acceptors (Lipinski definition) is 3. The van der Waals surface area contributed by atoms with E-state index in [9.17, 15) is 0 Å². The van der Waals surface area contributed by atoms with Crippen LogP contribution in [0.15, 0.2) is 0 Å². The Hall–Kier alpha value is -0.590. The molecule has 17 heavy (non-hydrogen) atoms. The first kappa shape index (κ1) is 12.9. The Kier molecular flexibility index (Phi) is 4.42. The minimum absolute atomic E-state index is 0.384. The Morgan fingerprint density at radius 2 is 2.29 bits per heavy atom. The van der Waals surface area contributed by atoms with Gasteiger partial charge in [0.15, 0.2) is 0 Å². The lowest BCUT2D eigenvalue weighted by Gasteiger charge is -2.34. The van der Waals surface area contributed by atoms with E-state index in [1.54, 1.807) is 0 Å². The Bertz CT molecular complexity index is 278. The van der Waals surface area contributed by atoms with Crippen LogP contribution in [0.3, 0.4) is 0 Å². The molecular formula is C14H25N3. The van der Waals surface area contributed by atoms with Crippen molar-refractivity contribution < 1.29 is 0 Å². The first-order valence-electron chi connectivity index (χ1n) is 7.08. The Labute approximate surface area is 105 Å². The first-order valence-corrected chi connectivity index (χ1v) is 7.08. The number of piperidine rings is 1. The lowest BCUT2D eigenvalue weighted by Crippen LogP contribution is -2.42. The van der Waals surface area contributed by atoms with E-state index in [1.165, 1.54) is 45.3 Å². The number of nitrogens with one attached hydrogen (secondary N) is 1. The van der Waals surface area contributed by atoms with E-state index in [4.69, 9.17) is 5.26 Å². The van der Waals surface area contributed by atoms with Crippen LogP contribution < -0.4 is 5.32 Å². The molecule has 2 aliphatic rings. The van der Waals surface area contributed by atoms with Gasteiger partial charge in [0.25, 0.3) is 0 Å². The fourth-order valence-electron chi connectivity index (χ4n) is 3.02. The average molecular weight is 235 g/mol. The van der Waals surface area contributed by atoms with Crippen molar-refractivity contribution in [2.75, 3.05) is 32.7 Å². The SMILES string of the molecule is CCNCC1CCCN(CC2(CC#N)CC2)C1. The standard InChI is InChI=1S/C14H25N3/c1-2-16-10-13-4-3-9-17(11-13)12-14(5-6-14)7-8-15/h13,16H,2-7,9-12H2,1H3. The van der Waals surface area contributed by atoms with Crippen LogP contribution in [0.4, 0.5) is 0 Å². The summed E-state index contributed by atoms with van der Waals surface area (Å²) in [6, 6.07) is 2.37. The van der Waals surface area contributed by atoms with Gasteiger partial charge in [-0.15, -0.1) is 0 Å². The van der Waals surface area contributed by atoms with Gasteiger partial charge in [0, 0.05) is 19.5 Å². The molecule has 2 rings (SSSR count). The molecule has 0 aromatic heterocycles. The molecule has 96 valence electrons. The summed E-state index contributed by atoms with van der Waals surface area (Å²) in [4.78, 5) is 2.61. The predicted molar refractivity (Wildman–Crippen MR) is 69.6 cm³/mol. The van der Waals surface area contributed by atoms with Gasteiger partial charge in [0.2, 0.25) is 0 Å². The van der Waals surface area contributed by atoms with E-state index in [1.807, 2.05) is 0 Å². The zero-order chi connectivity index (χ0) is 12.1. The molecule has 1 unspecified atom stereocenters. The van der Waals surface area contributed by atoms with E-state index < -0.39 is 0 Å². The molecule has 3 heteroatoms. The Balaban J connectivity index is 1.76. The van der Waals surface area contributed by atoms with Gasteiger partial charge in [-0.05, 0) is 56.7 Å². The molecule has 0 aromatic rings. The van der Waals surface area contributed by atoms with Crippen LogP contribution in [0.2, 0.25) is 0 Å². The Morgan fingerprint density at radius 3 is 2.94 bits per heavy atom. The van der Waals surface area contributed by atoms with E-state index >= 15 is 0 Å². The van der Waals surface area contributed by atoms with E-state index in [-0.39, 0.29) is 0 Å². The van der Waals surface area contributed by atoms with Crippen LogP contribution in [0.5, 0.6) is 0 Å². The van der Waals surface area contributed by atoms with E-state index in [0.29, 0.717) is 5.41 Å². The van der Waals surface area contributed by atoms with Crippen molar-refractivity contribution in [3.8, 4) is 6.07 Å². The molecule has 1 saturated carbocycles. The van der Waals surface area contributed by atoms with Crippen molar-refractivity contribution in [1.82, 2.24) is 10.2 Å². The van der Waals surface area contributed by atoms with Crippen LogP contribution in [0, 0.1) is 22.7 Å². The lowest BCUT2D eigenvalue weighted by molar-refractivity contribution is 0.144. The molecule has 1 N–H and O–H groups in total. The van der Waals surface area contributed by atoms with Crippen molar-refractivity contribution in [2.24, 2.45) is 11.3 Å². The highest BCUT2D eigenvalue weighted by atomic mass is 15.1. The third kappa shape index (κ3) is 3.69. The summed E-state index contributed by atoms with van der Waals surface area (Å²) in [5, 5.41) is 12.3. The summed E-state index contributed by atoms with van der Waals surface area (Å²) in [6.07, 6.45) is 6.01. The normalized spacial score (nSPS) is 27.6. The van der Waals surface area contributed by atoms with Crippen molar-refractivity contribution >= 4 is 0 Å². The molecule has 0 aromatic carbocycles. The second-order valence-electron chi connectivity index (χ2n) is 5.89. The lowest BCUT2D eigenvalue weighted by atomic mass is 9.95. The molecule has 1 aliphatic carbocycles. The van der Waals surface area contributed by atoms with Gasteiger partial charge in [-0.1, -0.05) is 6.92 Å². The summed E-state index contributed by atoms with van der Waals surface area (Å²) >= 11 is 0. The number of nitrogens with zero attached hydrogens (tertiary/aromatic N) is 2. The minimum atomic E-state index is 0.384. The summed E-state index contributed by atoms with van der Waals surface area (Å²) in [7, 11) is 0. The third-order valence-electron chi connectivity index (χ3n) is 4.26. The quantitative estimate of drug-likeness (QED) is 0.765. The summed E-state index contributed by atoms with van der Waals surface area (Å²) in [5.74, 6) is 0.821. The molecule has 1 atom stereocenters. The van der Waals surface area contributed by atoms with Crippen LogP contribution in [-0.4, -0.2) is 37.6 Å². The second kappa shape index (κ2) is 5.84. The van der Waals surface area contributed by atoms with Gasteiger partial charge in [0.1, 0.15) is 0 Å². The zero-order valence-electron chi connectivity index (χ0n) is 11.0. The zero-order valence-corrected chi connectivity index (χ0v) is 11.0. The monoisotopic (exact) mass is 235 g/mol. The van der Waals surface area contributed by atoms with Gasteiger partial charge in [-0.3, -0.25) is 0 Å². The number of rotatable bonds is 6. The van der Waals surface area contributed by atoms with Gasteiger partial charge >= 0.3 is 0 Å². The number of hydrogen-bond donors (Lipinski definition) is 1. The largest absolute Gasteiger partial charge is 0.317 e. The maximum absolute atomic E-state index is 8.86. The predicted octanol–water partition coefficient (Wildman–Crippen LogP) is 2.00. The highest BCUT2D eigenvalue weighted by Gasteiger charge is 2.44. The van der Waals surface area contributed by atoms with Crippen molar-refractivity contribution in [1.29, 1.82) is 5.26 Å². The van der Waals surface area contributed by atoms with Crippen LogP contribution in [-0.2, 0) is 0 Å². The minimum Gasteiger partial charge on any atom is -0.317 e. The third-order valence-corrected chi connectivity index (χ3v) is 4.26. The van der Waals surface area contributed by atoms with Gasteiger partial charge in [-0.2, -0.15) is 5.26 Å². The number of likely N-dealkylation sites (tertiary alicyclic amines) is 1. The average Bonchev–Trinajstić information content (AvgIpc) is 3.07. The molecule has 2 fully saturated rings. The molecule has 0 spiro atoms. The van der Waals surface area contributed by atoms with Crippen LogP contribution in [0.25, 0.3) is 0 Å². The summed E-state index contributed by atoms with van der Waals surface area (Å²) in [5.41, 5.74) is 0.384. The summed E-state index contributed by atoms with van der Waals surface area (Å²) in [6.45, 7) is 8.07. The smallest absolute Gasteiger partial charge is 0.0628 e. The topological polar surface area (TPSA) is 39.1 Å². The molecule has 1 aliphatic heterocycles. The first-order chi connectivity index (χ1) is 8.28. The van der Waals surface area contributed by atoms with Gasteiger partial charge in [0.05, 0.1) is 6.07 Å². The molecular weight excluding hydrogens is 210 g/mol. The van der Waals surface area contributed by atoms with Crippen LogP contribution >= 0.6 is 0 Å². The molecule has 1 heterocycles. The fraction of sp³-hybridized carbons (Fsp3) is 0.929. The van der Waals surface area contributed by atoms with Crippen molar-refractivity contribution in [3.05, 3.63) is 0 Å². The second-order valence-corrected chi connectivity index (χ2v) is 5.89. The molecule has 3 nitrogen and oxygen atoms in total. The molecule has 0 radical (unpaired) electrons. The fourth-order valence-corrected chi connectivity index (χ4v) is 3.02. The molecule has 1 saturated heterocycles. The Morgan fingerprint density at radius 1 is 1.47 bits per heavy atom. The van der Waals surface area contributed by atoms with Crippen molar-refractivity contribution in [2.45, 2.75) is 39.0 Å². The van der Waals surface area contributed by atoms with Gasteiger partial charge in [-0.25, -0.2) is 0 Å². The maximum Gasteiger partial charge on any atom is 0.0628 e. The van der Waals surface area contributed by atoms with Crippen LogP contribution in [0.1, 0.15) is 39.0 Å². The highest BCUT2D eigenvalue weighted by Crippen LogP contribution is 2.49. The molecule has 0 amide bonds. The summed E-state index contributed by atoms with van der Waals surface area (Å²) < 4.78 is 0. The van der Waals surface area contributed by atoms with Gasteiger partial charge < -0.3 is 10.2 Å². The van der Waals surface area contributed by atoms with E-state index in [0.717, 1.165) is 25.4 Å².